The van der Waals surface area contributed by atoms with Gasteiger partial charge >= 0.3 is 6.09 Å². The molecule has 5 heterocycles. The van der Waals surface area contributed by atoms with Crippen molar-refractivity contribution in [2.45, 2.75) is 71.6 Å². The molecule has 0 radical (unpaired) electrons. The molecule has 4 aromatic rings. The lowest BCUT2D eigenvalue weighted by molar-refractivity contribution is -0.00275. The van der Waals surface area contributed by atoms with Gasteiger partial charge in [-0.05, 0) is 77.6 Å². The molecule has 2 N–H and O–H groups in total. The van der Waals surface area contributed by atoms with E-state index in [0.29, 0.717) is 55.0 Å². The zero-order chi connectivity index (χ0) is 31.0. The molecule has 1 saturated heterocycles. The second-order valence-corrected chi connectivity index (χ2v) is 12.5. The fourth-order valence-corrected chi connectivity index (χ4v) is 5.69. The molecule has 1 fully saturated rings. The van der Waals surface area contributed by atoms with Gasteiger partial charge in [0.15, 0.2) is 0 Å². The first-order valence-corrected chi connectivity index (χ1v) is 15.3. The maximum Gasteiger partial charge on any atom is 0.410 e. The van der Waals surface area contributed by atoms with Crippen LogP contribution in [0.4, 0.5) is 16.4 Å². The molecule has 12 heteroatoms. The normalized spacial score (nSPS) is 17.3. The standard InChI is InChI=1S/C32H40N8O4/c1-20-16-21-17-26(35-20)23-19-34-38(5)29(23)43-15-8-6-7-13-40-27-24(10-9-11-25(27)36-30(40)37-28(21)41)33-18-22-12-14-39(22)31(42)44-32(2,3)4/h9-11,16-17,19,22,33H,6-8,12-15,18H2,1-5H3,(H,36,37,41). The molecule has 44 heavy (non-hydrogen) atoms. The summed E-state index contributed by atoms with van der Waals surface area (Å²) in [6.45, 7) is 9.97. The number of anilines is 2. The third-order valence-corrected chi connectivity index (χ3v) is 7.93. The fourth-order valence-electron chi connectivity index (χ4n) is 5.69. The topological polar surface area (TPSA) is 128 Å². The van der Waals surface area contributed by atoms with E-state index in [-0.39, 0.29) is 18.0 Å². The highest BCUT2D eigenvalue weighted by molar-refractivity contribution is 6.05. The molecule has 0 saturated carbocycles. The van der Waals surface area contributed by atoms with Crippen LogP contribution in [0, 0.1) is 6.92 Å². The minimum atomic E-state index is -0.537. The van der Waals surface area contributed by atoms with Crippen molar-refractivity contribution < 1.29 is 19.1 Å². The summed E-state index contributed by atoms with van der Waals surface area (Å²) in [6.07, 6.45) is 4.99. The number of nitrogens with one attached hydrogen (secondary N) is 2. The molecule has 3 aromatic heterocycles. The Morgan fingerprint density at radius 2 is 2.00 bits per heavy atom. The summed E-state index contributed by atoms with van der Waals surface area (Å²) in [7, 11) is 1.84. The number of aryl methyl sites for hydroxylation is 3. The lowest BCUT2D eigenvalue weighted by atomic mass is 10.0. The zero-order valence-corrected chi connectivity index (χ0v) is 26.0. The minimum absolute atomic E-state index is 0.0357. The fraction of sp³-hybridized carbons (Fsp3) is 0.469. The maximum atomic E-state index is 13.7. The number of carbonyl (C=O) groups is 2. The van der Waals surface area contributed by atoms with Crippen LogP contribution in [-0.2, 0) is 18.3 Å². The van der Waals surface area contributed by atoms with E-state index >= 15 is 0 Å². The summed E-state index contributed by atoms with van der Waals surface area (Å²) < 4.78 is 15.5. The monoisotopic (exact) mass is 600 g/mol. The molecule has 6 rings (SSSR count). The molecule has 2 aliphatic heterocycles. The van der Waals surface area contributed by atoms with Crippen molar-refractivity contribution in [2.75, 3.05) is 30.3 Å². The summed E-state index contributed by atoms with van der Waals surface area (Å²) >= 11 is 0. The lowest BCUT2D eigenvalue weighted by Gasteiger charge is -2.41. The number of fused-ring (bicyclic) bond motifs is 7. The summed E-state index contributed by atoms with van der Waals surface area (Å²) in [4.78, 5) is 37.6. The van der Waals surface area contributed by atoms with E-state index in [2.05, 4.69) is 25.3 Å². The second kappa shape index (κ2) is 11.8. The van der Waals surface area contributed by atoms with Gasteiger partial charge in [0.05, 0.1) is 46.8 Å². The Hall–Kier alpha value is -4.61. The van der Waals surface area contributed by atoms with Crippen LogP contribution >= 0.6 is 0 Å². The van der Waals surface area contributed by atoms with Crippen molar-refractivity contribution in [3.8, 4) is 17.1 Å². The number of benzene rings is 1. The van der Waals surface area contributed by atoms with Crippen molar-refractivity contribution >= 4 is 34.7 Å². The number of aromatic nitrogens is 5. The van der Waals surface area contributed by atoms with E-state index in [4.69, 9.17) is 14.5 Å². The van der Waals surface area contributed by atoms with Crippen LogP contribution in [0.3, 0.4) is 0 Å². The van der Waals surface area contributed by atoms with Crippen molar-refractivity contribution in [1.29, 1.82) is 0 Å². The highest BCUT2D eigenvalue weighted by Gasteiger charge is 2.35. The molecule has 2 aliphatic rings. The SMILES string of the molecule is Cc1cc2cc(n1)-c1cnn(C)c1OCCCCCn1c(nc3cccc(NCC4CCN4C(=O)OC(C)(C)C)c31)NC2=O. The number of hydrogen-bond acceptors (Lipinski definition) is 8. The smallest absolute Gasteiger partial charge is 0.410 e. The first-order chi connectivity index (χ1) is 21.1. The number of ether oxygens (including phenoxy) is 2. The summed E-state index contributed by atoms with van der Waals surface area (Å²) in [5.74, 6) is 0.852. The van der Waals surface area contributed by atoms with Gasteiger partial charge in [0, 0.05) is 37.9 Å². The molecule has 12 nitrogen and oxygen atoms in total. The van der Waals surface area contributed by atoms with Gasteiger partial charge in [-0.3, -0.25) is 15.1 Å². The second-order valence-electron chi connectivity index (χ2n) is 12.5. The predicted octanol–water partition coefficient (Wildman–Crippen LogP) is 5.38. The Morgan fingerprint density at radius 1 is 1.16 bits per heavy atom. The Bertz CT molecular complexity index is 1700. The number of amides is 2. The maximum absolute atomic E-state index is 13.7. The van der Waals surface area contributed by atoms with E-state index in [9.17, 15) is 9.59 Å². The third kappa shape index (κ3) is 6.06. The highest BCUT2D eigenvalue weighted by Crippen LogP contribution is 2.32. The van der Waals surface area contributed by atoms with Gasteiger partial charge in [-0.25, -0.2) is 14.5 Å². The average molecular weight is 601 g/mol. The van der Waals surface area contributed by atoms with Gasteiger partial charge in [-0.1, -0.05) is 6.07 Å². The van der Waals surface area contributed by atoms with Crippen LogP contribution in [0.2, 0.25) is 0 Å². The molecular weight excluding hydrogens is 560 g/mol. The van der Waals surface area contributed by atoms with E-state index in [1.807, 2.05) is 52.9 Å². The third-order valence-electron chi connectivity index (χ3n) is 7.93. The van der Waals surface area contributed by atoms with Crippen molar-refractivity contribution in [2.24, 2.45) is 7.05 Å². The molecule has 0 aliphatic carbocycles. The van der Waals surface area contributed by atoms with Gasteiger partial charge in [0.1, 0.15) is 5.60 Å². The molecule has 1 aromatic carbocycles. The van der Waals surface area contributed by atoms with Gasteiger partial charge in [0.25, 0.3) is 5.91 Å². The molecule has 2 amide bonds. The van der Waals surface area contributed by atoms with Crippen molar-refractivity contribution in [3.63, 3.8) is 0 Å². The number of likely N-dealkylation sites (tertiary alicyclic amines) is 1. The van der Waals surface area contributed by atoms with Crippen LogP contribution in [0.5, 0.6) is 5.88 Å². The summed E-state index contributed by atoms with van der Waals surface area (Å²) in [5, 5.41) is 11.0. The van der Waals surface area contributed by atoms with Gasteiger partial charge in [-0.2, -0.15) is 5.10 Å². The molecule has 1 atom stereocenters. The minimum Gasteiger partial charge on any atom is -0.477 e. The Kier molecular flexibility index (Phi) is 7.91. The zero-order valence-electron chi connectivity index (χ0n) is 26.0. The number of hydrogen-bond donors (Lipinski definition) is 2. The molecule has 2 bridgehead atoms. The van der Waals surface area contributed by atoms with Crippen LogP contribution in [-0.4, -0.2) is 72.6 Å². The number of para-hydroxylation sites is 1. The summed E-state index contributed by atoms with van der Waals surface area (Å²) in [6, 6.07) is 9.49. The number of rotatable bonds is 3. The Balaban J connectivity index is 1.29. The van der Waals surface area contributed by atoms with Gasteiger partial charge in [-0.15, -0.1) is 0 Å². The molecular formula is C32H40N8O4. The Labute approximate surface area is 256 Å². The number of carbonyl (C=O) groups excluding carboxylic acids is 2. The molecule has 0 spiro atoms. The van der Waals surface area contributed by atoms with Crippen LogP contribution < -0.4 is 15.4 Å². The quantitative estimate of drug-likeness (QED) is 0.321. The van der Waals surface area contributed by atoms with Gasteiger partial charge < -0.3 is 24.3 Å². The summed E-state index contributed by atoms with van der Waals surface area (Å²) in [5.41, 5.74) is 4.62. The predicted molar refractivity (Wildman–Crippen MR) is 168 cm³/mol. The first-order valence-electron chi connectivity index (χ1n) is 15.3. The van der Waals surface area contributed by atoms with Crippen LogP contribution in [0.25, 0.3) is 22.3 Å². The van der Waals surface area contributed by atoms with E-state index in [0.717, 1.165) is 48.0 Å². The van der Waals surface area contributed by atoms with Crippen molar-refractivity contribution in [1.82, 2.24) is 29.2 Å². The number of imidazole rings is 1. The van der Waals surface area contributed by atoms with Crippen LogP contribution in [0.1, 0.15) is 62.5 Å². The van der Waals surface area contributed by atoms with Crippen molar-refractivity contribution in [3.05, 3.63) is 47.8 Å². The molecule has 1 unspecified atom stereocenters. The number of pyridine rings is 1. The highest BCUT2D eigenvalue weighted by atomic mass is 16.6. The van der Waals surface area contributed by atoms with E-state index < -0.39 is 5.60 Å². The average Bonchev–Trinajstić information content (AvgIpc) is 3.48. The van der Waals surface area contributed by atoms with E-state index in [1.54, 1.807) is 27.9 Å². The molecule has 232 valence electrons. The van der Waals surface area contributed by atoms with Crippen LogP contribution in [0.15, 0.2) is 36.5 Å². The first kappa shape index (κ1) is 29.5. The van der Waals surface area contributed by atoms with Gasteiger partial charge in [0.2, 0.25) is 11.8 Å². The largest absolute Gasteiger partial charge is 0.477 e. The van der Waals surface area contributed by atoms with E-state index in [1.165, 1.54) is 0 Å². The number of nitrogens with zero attached hydrogens (tertiary/aromatic N) is 6. The Morgan fingerprint density at radius 3 is 2.77 bits per heavy atom. The lowest BCUT2D eigenvalue weighted by Crippen LogP contribution is -2.55.